The van der Waals surface area contributed by atoms with Crippen LogP contribution >= 0.6 is 15.9 Å². The van der Waals surface area contributed by atoms with E-state index >= 15 is 0 Å². The van der Waals surface area contributed by atoms with Crippen LogP contribution in [0.3, 0.4) is 0 Å². The summed E-state index contributed by atoms with van der Waals surface area (Å²) in [4.78, 5) is 3.24. The monoisotopic (exact) mass is 267 g/mol. The molecule has 2 rings (SSSR count). The van der Waals surface area contributed by atoms with E-state index in [1.54, 1.807) is 0 Å². The smallest absolute Gasteiger partial charge is 0.0310 e. The summed E-state index contributed by atoms with van der Waals surface area (Å²) in [6.45, 7) is 5.95. The highest BCUT2D eigenvalue weighted by atomic mass is 79.9. The van der Waals surface area contributed by atoms with Crippen molar-refractivity contribution in [2.45, 2.75) is 18.2 Å². The Hall–Kier alpha value is -0.340. The molecule has 0 aromatic heterocycles. The summed E-state index contributed by atoms with van der Waals surface area (Å²) in [6.07, 6.45) is 1.17. The molecule has 0 amide bonds. The van der Waals surface area contributed by atoms with Gasteiger partial charge in [-0.3, -0.25) is 0 Å². The molecule has 0 bridgehead atoms. The van der Waals surface area contributed by atoms with Crippen LogP contribution in [0, 0.1) is 5.92 Å². The summed E-state index contributed by atoms with van der Waals surface area (Å²) in [5.41, 5.74) is 1.45. The van der Waals surface area contributed by atoms with Gasteiger partial charge in [-0.15, -0.1) is 0 Å². The highest BCUT2D eigenvalue weighted by Crippen LogP contribution is 2.22. The van der Waals surface area contributed by atoms with Crippen LogP contribution in [0.15, 0.2) is 30.3 Å². The summed E-state index contributed by atoms with van der Waals surface area (Å²) in [6, 6.07) is 10.7. The second-order valence-electron chi connectivity index (χ2n) is 4.49. The SMILES string of the molecule is CC1CN(CCc2ccccc2)CC1Br. The first-order valence-corrected chi connectivity index (χ1v) is 6.57. The Morgan fingerprint density at radius 1 is 1.27 bits per heavy atom. The molecule has 1 aliphatic rings. The molecule has 0 aliphatic carbocycles. The summed E-state index contributed by atoms with van der Waals surface area (Å²) >= 11 is 3.73. The Kier molecular flexibility index (Phi) is 3.81. The van der Waals surface area contributed by atoms with E-state index in [0.717, 1.165) is 5.92 Å². The summed E-state index contributed by atoms with van der Waals surface area (Å²) < 4.78 is 0. The van der Waals surface area contributed by atoms with Gasteiger partial charge in [-0.1, -0.05) is 53.2 Å². The lowest BCUT2D eigenvalue weighted by Crippen LogP contribution is -2.23. The van der Waals surface area contributed by atoms with Gasteiger partial charge in [0.2, 0.25) is 0 Å². The number of benzene rings is 1. The minimum atomic E-state index is 0.688. The lowest BCUT2D eigenvalue weighted by molar-refractivity contribution is 0.332. The van der Waals surface area contributed by atoms with Crippen LogP contribution in [0.2, 0.25) is 0 Å². The highest BCUT2D eigenvalue weighted by Gasteiger charge is 2.26. The Labute approximate surface area is 101 Å². The van der Waals surface area contributed by atoms with Crippen LogP contribution in [0.1, 0.15) is 12.5 Å². The van der Waals surface area contributed by atoms with E-state index < -0.39 is 0 Å². The van der Waals surface area contributed by atoms with Crippen LogP contribution in [0.4, 0.5) is 0 Å². The van der Waals surface area contributed by atoms with Crippen molar-refractivity contribution in [2.75, 3.05) is 19.6 Å². The molecule has 1 aromatic rings. The fourth-order valence-corrected chi connectivity index (χ4v) is 2.71. The fourth-order valence-electron chi connectivity index (χ4n) is 2.14. The Bertz CT molecular complexity index is 289. The van der Waals surface area contributed by atoms with Gasteiger partial charge >= 0.3 is 0 Å². The maximum Gasteiger partial charge on any atom is 0.0310 e. The molecule has 0 saturated carbocycles. The molecule has 0 radical (unpaired) electrons. The maximum atomic E-state index is 3.73. The number of likely N-dealkylation sites (tertiary alicyclic amines) is 1. The molecule has 0 N–H and O–H groups in total. The van der Waals surface area contributed by atoms with Crippen LogP contribution < -0.4 is 0 Å². The first-order chi connectivity index (χ1) is 7.25. The van der Waals surface area contributed by atoms with Gasteiger partial charge in [0.1, 0.15) is 0 Å². The largest absolute Gasteiger partial charge is 0.302 e. The number of rotatable bonds is 3. The zero-order valence-corrected chi connectivity index (χ0v) is 10.8. The van der Waals surface area contributed by atoms with Crippen LogP contribution in [0.5, 0.6) is 0 Å². The molecule has 1 fully saturated rings. The van der Waals surface area contributed by atoms with Crippen molar-refractivity contribution in [2.24, 2.45) is 5.92 Å². The Morgan fingerprint density at radius 2 is 2.00 bits per heavy atom. The predicted molar refractivity (Wildman–Crippen MR) is 68.5 cm³/mol. The molecule has 1 aromatic carbocycles. The molecule has 15 heavy (non-hydrogen) atoms. The van der Waals surface area contributed by atoms with Gasteiger partial charge in [0.05, 0.1) is 0 Å². The standard InChI is InChI=1S/C13H18BrN/c1-11-9-15(10-13(11)14)8-7-12-5-3-2-4-6-12/h2-6,11,13H,7-10H2,1H3. The van der Waals surface area contributed by atoms with Gasteiger partial charge in [0.25, 0.3) is 0 Å². The van der Waals surface area contributed by atoms with Crippen molar-refractivity contribution in [1.29, 1.82) is 0 Å². The molecule has 2 heteroatoms. The maximum absolute atomic E-state index is 3.73. The van der Waals surface area contributed by atoms with Gasteiger partial charge in [-0.2, -0.15) is 0 Å². The van der Waals surface area contributed by atoms with Crippen molar-refractivity contribution >= 4 is 15.9 Å². The van der Waals surface area contributed by atoms with E-state index in [1.807, 2.05) is 0 Å². The van der Waals surface area contributed by atoms with Crippen molar-refractivity contribution in [3.8, 4) is 0 Å². The zero-order chi connectivity index (χ0) is 10.7. The third kappa shape index (κ3) is 3.05. The van der Waals surface area contributed by atoms with Gasteiger partial charge in [-0.25, -0.2) is 0 Å². The molecule has 1 nitrogen and oxygen atoms in total. The molecule has 2 unspecified atom stereocenters. The number of hydrogen-bond donors (Lipinski definition) is 0. The minimum absolute atomic E-state index is 0.688. The number of hydrogen-bond acceptors (Lipinski definition) is 1. The first kappa shape index (κ1) is 11.2. The third-order valence-electron chi connectivity index (χ3n) is 3.16. The summed E-state index contributed by atoms with van der Waals surface area (Å²) in [7, 11) is 0. The topological polar surface area (TPSA) is 3.24 Å². The van der Waals surface area contributed by atoms with Crippen molar-refractivity contribution in [3.05, 3.63) is 35.9 Å². The molecule has 2 atom stereocenters. The second-order valence-corrected chi connectivity index (χ2v) is 5.66. The number of halogens is 1. The molecular weight excluding hydrogens is 250 g/mol. The summed E-state index contributed by atoms with van der Waals surface area (Å²) in [5, 5.41) is 0. The average Bonchev–Trinajstić information content (AvgIpc) is 2.57. The quantitative estimate of drug-likeness (QED) is 0.762. The molecule has 0 spiro atoms. The van der Waals surface area contributed by atoms with E-state index in [9.17, 15) is 0 Å². The lowest BCUT2D eigenvalue weighted by atomic mass is 10.1. The lowest BCUT2D eigenvalue weighted by Gasteiger charge is -2.14. The molecule has 82 valence electrons. The highest BCUT2D eigenvalue weighted by molar-refractivity contribution is 9.09. The van der Waals surface area contributed by atoms with E-state index in [0.29, 0.717) is 4.83 Å². The van der Waals surface area contributed by atoms with Gasteiger partial charge in [0.15, 0.2) is 0 Å². The van der Waals surface area contributed by atoms with Gasteiger partial charge < -0.3 is 4.90 Å². The number of nitrogens with zero attached hydrogens (tertiary/aromatic N) is 1. The van der Waals surface area contributed by atoms with E-state index in [-0.39, 0.29) is 0 Å². The van der Waals surface area contributed by atoms with Crippen LogP contribution in [-0.2, 0) is 6.42 Å². The fraction of sp³-hybridized carbons (Fsp3) is 0.538. The third-order valence-corrected chi connectivity index (χ3v) is 4.35. The molecule has 1 aliphatic heterocycles. The Balaban J connectivity index is 1.80. The average molecular weight is 268 g/mol. The van der Waals surface area contributed by atoms with E-state index in [1.165, 1.54) is 31.6 Å². The van der Waals surface area contributed by atoms with E-state index in [4.69, 9.17) is 0 Å². The predicted octanol–water partition coefficient (Wildman–Crippen LogP) is 2.94. The zero-order valence-electron chi connectivity index (χ0n) is 9.20. The van der Waals surface area contributed by atoms with Crippen molar-refractivity contribution < 1.29 is 0 Å². The number of alkyl halides is 1. The second kappa shape index (κ2) is 5.13. The van der Waals surface area contributed by atoms with Gasteiger partial charge in [-0.05, 0) is 17.9 Å². The first-order valence-electron chi connectivity index (χ1n) is 5.66. The van der Waals surface area contributed by atoms with Crippen LogP contribution in [0.25, 0.3) is 0 Å². The van der Waals surface area contributed by atoms with Crippen LogP contribution in [-0.4, -0.2) is 29.4 Å². The summed E-state index contributed by atoms with van der Waals surface area (Å²) in [5.74, 6) is 0.792. The molecule has 1 heterocycles. The van der Waals surface area contributed by atoms with Crippen molar-refractivity contribution in [3.63, 3.8) is 0 Å². The molecule has 1 saturated heterocycles. The van der Waals surface area contributed by atoms with Gasteiger partial charge in [0, 0.05) is 24.5 Å². The normalized spacial score (nSPS) is 27.1. The Morgan fingerprint density at radius 3 is 2.60 bits per heavy atom. The van der Waals surface area contributed by atoms with Crippen molar-refractivity contribution in [1.82, 2.24) is 4.90 Å². The molecular formula is C13H18BrN. The van der Waals surface area contributed by atoms with E-state index in [2.05, 4.69) is 58.1 Å². The minimum Gasteiger partial charge on any atom is -0.302 e.